The maximum atomic E-state index is 5.96. The van der Waals surface area contributed by atoms with Gasteiger partial charge in [0.2, 0.25) is 0 Å². The van der Waals surface area contributed by atoms with Crippen LogP contribution in [-0.4, -0.2) is 24.8 Å². The Hall–Kier alpha value is -0.0800. The summed E-state index contributed by atoms with van der Waals surface area (Å²) < 4.78 is 5.96. The zero-order valence-corrected chi connectivity index (χ0v) is 9.51. The topological polar surface area (TPSA) is 21.3 Å². The van der Waals surface area contributed by atoms with Crippen molar-refractivity contribution in [2.75, 3.05) is 13.2 Å². The summed E-state index contributed by atoms with van der Waals surface area (Å²) >= 11 is 0. The van der Waals surface area contributed by atoms with Gasteiger partial charge in [0, 0.05) is 12.6 Å². The summed E-state index contributed by atoms with van der Waals surface area (Å²) in [5.74, 6) is 0.855. The Balaban J connectivity index is 1.83. The molecule has 1 aliphatic heterocycles. The Labute approximate surface area is 87.4 Å². The summed E-state index contributed by atoms with van der Waals surface area (Å²) in [6.45, 7) is 6.65. The number of hydrogen-bond acceptors (Lipinski definition) is 2. The van der Waals surface area contributed by atoms with Gasteiger partial charge in [-0.2, -0.15) is 0 Å². The van der Waals surface area contributed by atoms with Gasteiger partial charge in [-0.25, -0.2) is 0 Å². The van der Waals surface area contributed by atoms with Gasteiger partial charge in [0.05, 0.1) is 5.60 Å². The van der Waals surface area contributed by atoms with Crippen LogP contribution in [0.5, 0.6) is 0 Å². The van der Waals surface area contributed by atoms with E-state index < -0.39 is 0 Å². The molecule has 2 fully saturated rings. The molecule has 0 aromatic heterocycles. The number of nitrogens with one attached hydrogen (secondary N) is 1. The summed E-state index contributed by atoms with van der Waals surface area (Å²) in [7, 11) is 0. The van der Waals surface area contributed by atoms with Gasteiger partial charge >= 0.3 is 0 Å². The highest BCUT2D eigenvalue weighted by molar-refractivity contribution is 4.97. The van der Waals surface area contributed by atoms with Crippen LogP contribution < -0.4 is 5.32 Å². The molecule has 2 nitrogen and oxygen atoms in total. The first-order valence-electron chi connectivity index (χ1n) is 6.12. The van der Waals surface area contributed by atoms with Crippen molar-refractivity contribution in [3.8, 4) is 0 Å². The average molecular weight is 197 g/mol. The Morgan fingerprint density at radius 3 is 2.79 bits per heavy atom. The number of hydrogen-bond donors (Lipinski definition) is 1. The molecule has 1 N–H and O–H groups in total. The molecule has 1 aliphatic carbocycles. The van der Waals surface area contributed by atoms with Crippen molar-refractivity contribution in [2.45, 2.75) is 57.6 Å². The molecule has 14 heavy (non-hydrogen) atoms. The van der Waals surface area contributed by atoms with E-state index in [0.717, 1.165) is 19.1 Å². The van der Waals surface area contributed by atoms with Crippen LogP contribution in [0.2, 0.25) is 0 Å². The highest BCUT2D eigenvalue weighted by Crippen LogP contribution is 2.46. The Bertz CT molecular complexity index is 191. The normalized spacial score (nSPS) is 38.6. The van der Waals surface area contributed by atoms with Crippen LogP contribution in [0.25, 0.3) is 0 Å². The molecule has 2 rings (SSSR count). The van der Waals surface area contributed by atoms with Crippen molar-refractivity contribution in [2.24, 2.45) is 5.92 Å². The first-order chi connectivity index (χ1) is 6.74. The van der Waals surface area contributed by atoms with E-state index in [1.807, 2.05) is 0 Å². The highest BCUT2D eigenvalue weighted by atomic mass is 16.5. The minimum atomic E-state index is 0.198. The molecule has 2 aliphatic rings. The van der Waals surface area contributed by atoms with Gasteiger partial charge in [0.25, 0.3) is 0 Å². The number of rotatable bonds is 4. The van der Waals surface area contributed by atoms with Crippen LogP contribution in [0.3, 0.4) is 0 Å². The van der Waals surface area contributed by atoms with Crippen molar-refractivity contribution < 1.29 is 4.74 Å². The van der Waals surface area contributed by atoms with E-state index in [1.54, 1.807) is 0 Å². The molecule has 82 valence electrons. The summed E-state index contributed by atoms with van der Waals surface area (Å²) in [6.07, 6.45) is 6.42. The molecule has 2 unspecified atom stereocenters. The first kappa shape index (κ1) is 10.4. The minimum absolute atomic E-state index is 0.198. The van der Waals surface area contributed by atoms with Gasteiger partial charge in [-0.1, -0.05) is 6.92 Å². The smallest absolute Gasteiger partial charge is 0.0697 e. The van der Waals surface area contributed by atoms with Crippen molar-refractivity contribution in [1.29, 1.82) is 0 Å². The summed E-state index contributed by atoms with van der Waals surface area (Å²) in [6, 6.07) is 0.703. The van der Waals surface area contributed by atoms with Crippen molar-refractivity contribution in [3.63, 3.8) is 0 Å². The van der Waals surface area contributed by atoms with Gasteiger partial charge in [-0.3, -0.25) is 0 Å². The Kier molecular flexibility index (Phi) is 3.13. The fourth-order valence-corrected chi connectivity index (χ4v) is 2.59. The van der Waals surface area contributed by atoms with E-state index in [-0.39, 0.29) is 5.60 Å². The van der Waals surface area contributed by atoms with E-state index in [4.69, 9.17) is 4.74 Å². The zero-order valence-electron chi connectivity index (χ0n) is 9.51. The fourth-order valence-electron chi connectivity index (χ4n) is 2.59. The Morgan fingerprint density at radius 1 is 1.36 bits per heavy atom. The second-order valence-corrected chi connectivity index (χ2v) is 5.08. The van der Waals surface area contributed by atoms with Crippen molar-refractivity contribution in [3.05, 3.63) is 0 Å². The predicted octanol–water partition coefficient (Wildman–Crippen LogP) is 2.33. The van der Waals surface area contributed by atoms with E-state index in [2.05, 4.69) is 19.2 Å². The lowest BCUT2D eigenvalue weighted by Crippen LogP contribution is -2.46. The van der Waals surface area contributed by atoms with Gasteiger partial charge in [0.15, 0.2) is 0 Å². The van der Waals surface area contributed by atoms with Crippen molar-refractivity contribution in [1.82, 2.24) is 5.32 Å². The third-order valence-electron chi connectivity index (χ3n) is 3.67. The SMILES string of the molecule is CCCNC1CCOC(C)(C2CC2)C1. The quantitative estimate of drug-likeness (QED) is 0.747. The fraction of sp³-hybridized carbons (Fsp3) is 1.00. The predicted molar refractivity (Wildman–Crippen MR) is 58.4 cm³/mol. The zero-order chi connectivity index (χ0) is 10.0. The maximum Gasteiger partial charge on any atom is 0.0697 e. The van der Waals surface area contributed by atoms with Crippen LogP contribution in [0.4, 0.5) is 0 Å². The monoisotopic (exact) mass is 197 g/mol. The second-order valence-electron chi connectivity index (χ2n) is 5.08. The molecule has 1 heterocycles. The molecule has 1 saturated carbocycles. The molecule has 0 aromatic carbocycles. The molecular weight excluding hydrogens is 174 g/mol. The van der Waals surface area contributed by atoms with E-state index in [0.29, 0.717) is 6.04 Å². The molecule has 2 heteroatoms. The molecule has 0 spiro atoms. The molecule has 0 radical (unpaired) electrons. The molecule has 0 aromatic rings. The van der Waals surface area contributed by atoms with Crippen LogP contribution in [0.15, 0.2) is 0 Å². The summed E-state index contributed by atoms with van der Waals surface area (Å²) in [5.41, 5.74) is 0.198. The summed E-state index contributed by atoms with van der Waals surface area (Å²) in [4.78, 5) is 0. The standard InChI is InChI=1S/C12H23NO/c1-3-7-13-11-6-8-14-12(2,9-11)10-4-5-10/h10-11,13H,3-9H2,1-2H3. The first-order valence-corrected chi connectivity index (χ1v) is 6.12. The summed E-state index contributed by atoms with van der Waals surface area (Å²) in [5, 5.41) is 3.63. The van der Waals surface area contributed by atoms with Gasteiger partial charge in [-0.05, 0) is 51.5 Å². The van der Waals surface area contributed by atoms with Crippen LogP contribution in [-0.2, 0) is 4.74 Å². The lowest BCUT2D eigenvalue weighted by Gasteiger charge is -2.39. The maximum absolute atomic E-state index is 5.96. The third-order valence-corrected chi connectivity index (χ3v) is 3.67. The van der Waals surface area contributed by atoms with E-state index in [9.17, 15) is 0 Å². The molecule has 2 atom stereocenters. The largest absolute Gasteiger partial charge is 0.375 e. The third kappa shape index (κ3) is 2.29. The second kappa shape index (κ2) is 4.19. The van der Waals surface area contributed by atoms with Crippen LogP contribution in [0, 0.1) is 5.92 Å². The average Bonchev–Trinajstić information content (AvgIpc) is 2.98. The molecule has 1 saturated heterocycles. The van der Waals surface area contributed by atoms with E-state index >= 15 is 0 Å². The van der Waals surface area contributed by atoms with Gasteiger partial charge in [-0.15, -0.1) is 0 Å². The lowest BCUT2D eigenvalue weighted by molar-refractivity contribution is -0.0902. The lowest BCUT2D eigenvalue weighted by atomic mass is 9.88. The van der Waals surface area contributed by atoms with Crippen molar-refractivity contribution >= 4 is 0 Å². The van der Waals surface area contributed by atoms with E-state index in [1.165, 1.54) is 32.1 Å². The van der Waals surface area contributed by atoms with Gasteiger partial charge in [0.1, 0.15) is 0 Å². The molecule has 0 amide bonds. The molecular formula is C12H23NO. The van der Waals surface area contributed by atoms with Crippen LogP contribution >= 0.6 is 0 Å². The molecule has 0 bridgehead atoms. The minimum Gasteiger partial charge on any atom is -0.375 e. The highest BCUT2D eigenvalue weighted by Gasteiger charge is 2.45. The van der Waals surface area contributed by atoms with Crippen LogP contribution in [0.1, 0.15) is 46.0 Å². The Morgan fingerprint density at radius 2 is 2.14 bits per heavy atom. The van der Waals surface area contributed by atoms with Gasteiger partial charge < -0.3 is 10.1 Å². The number of ether oxygens (including phenoxy) is 1.